The van der Waals surface area contributed by atoms with Gasteiger partial charge in [-0.25, -0.2) is 9.78 Å². The molecule has 0 radical (unpaired) electrons. The second-order valence-electron chi connectivity index (χ2n) is 8.50. The number of hydrogen-bond acceptors (Lipinski definition) is 3. The number of benzene rings is 2. The van der Waals surface area contributed by atoms with Crippen LogP contribution in [0.3, 0.4) is 0 Å². The Bertz CT molecular complexity index is 1210. The van der Waals surface area contributed by atoms with E-state index in [0.717, 1.165) is 12.5 Å². The molecule has 3 aromatic rings. The van der Waals surface area contributed by atoms with Gasteiger partial charge in [-0.15, -0.1) is 0 Å². The lowest BCUT2D eigenvalue weighted by Crippen LogP contribution is -2.55. The van der Waals surface area contributed by atoms with Crippen molar-refractivity contribution >= 4 is 17.5 Å². The number of pyridine rings is 1. The summed E-state index contributed by atoms with van der Waals surface area (Å²) in [7, 11) is 0. The first-order valence-corrected chi connectivity index (χ1v) is 10.9. The highest BCUT2D eigenvalue weighted by Crippen LogP contribution is 2.38. The molecular weight excluding hydrogens is 429 g/mol. The minimum atomic E-state index is -4.48. The van der Waals surface area contributed by atoms with Crippen molar-refractivity contribution in [2.24, 2.45) is 0 Å². The molecule has 1 aliphatic carbocycles. The lowest BCUT2D eigenvalue weighted by Gasteiger charge is -2.40. The molecule has 0 spiro atoms. The number of amides is 2. The van der Waals surface area contributed by atoms with Crippen LogP contribution in [-0.4, -0.2) is 41.6 Å². The summed E-state index contributed by atoms with van der Waals surface area (Å²) in [6, 6.07) is 16.0. The van der Waals surface area contributed by atoms with Crippen LogP contribution in [0.1, 0.15) is 23.6 Å². The first-order valence-electron chi connectivity index (χ1n) is 10.9. The molecule has 170 valence electrons. The molecule has 0 saturated carbocycles. The van der Waals surface area contributed by atoms with Gasteiger partial charge in [-0.3, -0.25) is 0 Å². The molecule has 2 aliphatic rings. The average Bonchev–Trinajstić information content (AvgIpc) is 3.16. The van der Waals surface area contributed by atoms with Gasteiger partial charge in [-0.2, -0.15) is 13.2 Å². The number of carbonyl (C=O) groups excluding carboxylic acids is 1. The maximum Gasteiger partial charge on any atom is 0.419 e. The number of anilines is 2. The molecule has 0 bridgehead atoms. The lowest BCUT2D eigenvalue weighted by atomic mass is 10.1. The van der Waals surface area contributed by atoms with Crippen LogP contribution in [0.15, 0.2) is 60.8 Å². The number of alkyl halides is 3. The SMILES string of the molecule is C[C@@H]1CN(c2ncccc2C(F)(F)F)CCN1C(=O)Nc1ccc2c(c1)Cc1ccccc1-2. The van der Waals surface area contributed by atoms with Crippen LogP contribution in [0.25, 0.3) is 11.1 Å². The Morgan fingerprint density at radius 3 is 2.61 bits per heavy atom. The summed E-state index contributed by atoms with van der Waals surface area (Å²) in [5, 5.41) is 2.96. The highest BCUT2D eigenvalue weighted by atomic mass is 19.4. The number of nitrogens with zero attached hydrogens (tertiary/aromatic N) is 3. The zero-order valence-electron chi connectivity index (χ0n) is 18.1. The molecule has 1 fully saturated rings. The fraction of sp³-hybridized carbons (Fsp3) is 0.280. The van der Waals surface area contributed by atoms with E-state index in [0.29, 0.717) is 12.2 Å². The van der Waals surface area contributed by atoms with Crippen molar-refractivity contribution in [1.29, 1.82) is 0 Å². The summed E-state index contributed by atoms with van der Waals surface area (Å²) in [5.74, 6) is -0.0879. The highest BCUT2D eigenvalue weighted by Gasteiger charge is 2.37. The minimum Gasteiger partial charge on any atom is -0.352 e. The monoisotopic (exact) mass is 452 g/mol. The van der Waals surface area contributed by atoms with E-state index in [9.17, 15) is 18.0 Å². The van der Waals surface area contributed by atoms with Crippen LogP contribution < -0.4 is 10.2 Å². The van der Waals surface area contributed by atoms with Crippen molar-refractivity contribution in [1.82, 2.24) is 9.88 Å². The van der Waals surface area contributed by atoms with E-state index in [-0.39, 0.29) is 31.0 Å². The fourth-order valence-corrected chi connectivity index (χ4v) is 4.74. The van der Waals surface area contributed by atoms with Crippen LogP contribution in [0.4, 0.5) is 29.5 Å². The van der Waals surface area contributed by atoms with Crippen LogP contribution in [0.5, 0.6) is 0 Å². The molecule has 2 amide bonds. The van der Waals surface area contributed by atoms with Gasteiger partial charge < -0.3 is 15.1 Å². The van der Waals surface area contributed by atoms with Gasteiger partial charge in [0.2, 0.25) is 0 Å². The summed E-state index contributed by atoms with van der Waals surface area (Å²) >= 11 is 0. The van der Waals surface area contributed by atoms with E-state index in [1.165, 1.54) is 34.5 Å². The van der Waals surface area contributed by atoms with E-state index in [1.54, 1.807) is 9.80 Å². The normalized spacial score (nSPS) is 17.5. The number of aromatic nitrogens is 1. The topological polar surface area (TPSA) is 48.5 Å². The Hall–Kier alpha value is -3.55. The molecule has 5 nitrogen and oxygen atoms in total. The van der Waals surface area contributed by atoms with Gasteiger partial charge in [-0.05, 0) is 59.9 Å². The molecule has 5 rings (SSSR count). The number of piperazine rings is 1. The van der Waals surface area contributed by atoms with Gasteiger partial charge in [0.25, 0.3) is 0 Å². The third kappa shape index (κ3) is 4.01. The molecule has 33 heavy (non-hydrogen) atoms. The van der Waals surface area contributed by atoms with Gasteiger partial charge in [0.05, 0.1) is 5.56 Å². The maximum atomic E-state index is 13.4. The Morgan fingerprint density at radius 1 is 1.03 bits per heavy atom. The van der Waals surface area contributed by atoms with E-state index in [1.807, 2.05) is 37.3 Å². The second kappa shape index (κ2) is 8.10. The molecule has 1 aliphatic heterocycles. The predicted molar refractivity (Wildman–Crippen MR) is 121 cm³/mol. The number of rotatable bonds is 2. The Labute approximate surface area is 189 Å². The van der Waals surface area contributed by atoms with E-state index in [4.69, 9.17) is 0 Å². The van der Waals surface area contributed by atoms with Crippen LogP contribution in [0.2, 0.25) is 0 Å². The van der Waals surface area contributed by atoms with E-state index in [2.05, 4.69) is 22.4 Å². The van der Waals surface area contributed by atoms with Crippen LogP contribution in [-0.2, 0) is 12.6 Å². The zero-order valence-corrected chi connectivity index (χ0v) is 18.1. The first kappa shape index (κ1) is 21.3. The molecule has 2 aromatic carbocycles. The number of hydrogen-bond donors (Lipinski definition) is 1. The first-order chi connectivity index (χ1) is 15.8. The molecular formula is C25H23F3N4O. The summed E-state index contributed by atoms with van der Waals surface area (Å²) in [5.41, 5.74) is 4.80. The number of halogens is 3. The molecule has 0 unspecified atom stereocenters. The van der Waals surface area contributed by atoms with Crippen molar-refractivity contribution in [3.8, 4) is 11.1 Å². The summed E-state index contributed by atoms with van der Waals surface area (Å²) in [6.45, 7) is 2.68. The Kier molecular flexibility index (Phi) is 5.23. The van der Waals surface area contributed by atoms with Crippen LogP contribution in [0, 0.1) is 0 Å². The van der Waals surface area contributed by atoms with Gasteiger partial charge in [0.1, 0.15) is 5.82 Å². The largest absolute Gasteiger partial charge is 0.419 e. The third-order valence-corrected chi connectivity index (χ3v) is 6.32. The lowest BCUT2D eigenvalue weighted by molar-refractivity contribution is -0.137. The Morgan fingerprint density at radius 2 is 1.82 bits per heavy atom. The van der Waals surface area contributed by atoms with E-state index < -0.39 is 11.7 Å². The van der Waals surface area contributed by atoms with Gasteiger partial charge in [-0.1, -0.05) is 30.3 Å². The highest BCUT2D eigenvalue weighted by molar-refractivity contribution is 5.91. The molecule has 1 atom stereocenters. The molecule has 1 saturated heterocycles. The average molecular weight is 452 g/mol. The van der Waals surface area contributed by atoms with Gasteiger partial charge in [0.15, 0.2) is 0 Å². The minimum absolute atomic E-state index is 0.0879. The number of fused-ring (bicyclic) bond motifs is 3. The molecule has 2 heterocycles. The maximum absolute atomic E-state index is 13.4. The third-order valence-electron chi connectivity index (χ3n) is 6.32. The van der Waals surface area contributed by atoms with Crippen molar-refractivity contribution in [3.63, 3.8) is 0 Å². The standard InChI is InChI=1S/C25H23F3N4O/c1-16-15-31(23-22(25(26,27)28)7-4-10-29-23)11-12-32(16)24(33)30-19-8-9-21-18(14-19)13-17-5-2-3-6-20(17)21/h2-10,14,16H,11-13,15H2,1H3,(H,30,33)/t16-/m1/s1. The summed E-state index contributed by atoms with van der Waals surface area (Å²) in [4.78, 5) is 20.2. The smallest absolute Gasteiger partial charge is 0.352 e. The number of nitrogens with one attached hydrogen (secondary N) is 1. The number of carbonyl (C=O) groups is 1. The van der Waals surface area contributed by atoms with E-state index >= 15 is 0 Å². The van der Waals surface area contributed by atoms with Crippen molar-refractivity contribution in [2.45, 2.75) is 25.6 Å². The molecule has 1 N–H and O–H groups in total. The Balaban J connectivity index is 1.27. The number of urea groups is 1. The van der Waals surface area contributed by atoms with Gasteiger partial charge >= 0.3 is 12.2 Å². The zero-order chi connectivity index (χ0) is 23.2. The quantitative estimate of drug-likeness (QED) is 0.442. The fourth-order valence-electron chi connectivity index (χ4n) is 4.74. The van der Waals surface area contributed by atoms with Crippen molar-refractivity contribution in [2.75, 3.05) is 29.9 Å². The van der Waals surface area contributed by atoms with Gasteiger partial charge in [0, 0.05) is 37.6 Å². The van der Waals surface area contributed by atoms with Crippen molar-refractivity contribution in [3.05, 3.63) is 77.5 Å². The van der Waals surface area contributed by atoms with Crippen LogP contribution >= 0.6 is 0 Å². The summed E-state index contributed by atoms with van der Waals surface area (Å²) < 4.78 is 40.2. The summed E-state index contributed by atoms with van der Waals surface area (Å²) in [6.07, 6.45) is -2.29. The molecule has 1 aromatic heterocycles. The second-order valence-corrected chi connectivity index (χ2v) is 8.50. The predicted octanol–water partition coefficient (Wildman–Crippen LogP) is 5.41. The molecule has 8 heteroatoms. The van der Waals surface area contributed by atoms with Crippen molar-refractivity contribution < 1.29 is 18.0 Å².